The van der Waals surface area contributed by atoms with Gasteiger partial charge in [-0.1, -0.05) is 30.3 Å². The fraction of sp³-hybridized carbons (Fsp3) is 0.600. The molecule has 1 aliphatic rings. The summed E-state index contributed by atoms with van der Waals surface area (Å²) in [6.07, 6.45) is 0. The van der Waals surface area contributed by atoms with Crippen LogP contribution in [0, 0.1) is 0 Å². The van der Waals surface area contributed by atoms with E-state index in [1.54, 1.807) is 0 Å². The average Bonchev–Trinajstić information content (AvgIpc) is 2.43. The summed E-state index contributed by atoms with van der Waals surface area (Å²) in [7, 11) is 0. The first kappa shape index (κ1) is 14.5. The average molecular weight is 266 g/mol. The van der Waals surface area contributed by atoms with Crippen molar-refractivity contribution in [3.63, 3.8) is 0 Å². The van der Waals surface area contributed by atoms with Crippen molar-refractivity contribution in [2.75, 3.05) is 52.7 Å². The SMILES string of the molecule is c1ccc(C[NH+]2CCOCCOCCOCC2)cc1. The van der Waals surface area contributed by atoms with Crippen LogP contribution in [0.5, 0.6) is 0 Å². The van der Waals surface area contributed by atoms with E-state index >= 15 is 0 Å². The Kier molecular flexibility index (Phi) is 6.89. The van der Waals surface area contributed by atoms with Crippen molar-refractivity contribution in [1.82, 2.24) is 0 Å². The largest absolute Gasteiger partial charge is 0.377 e. The number of nitrogens with one attached hydrogen (secondary N) is 1. The number of ether oxygens (including phenoxy) is 3. The third-order valence-electron chi connectivity index (χ3n) is 3.24. The van der Waals surface area contributed by atoms with Crippen LogP contribution in [0.4, 0.5) is 0 Å². The lowest BCUT2D eigenvalue weighted by Gasteiger charge is -2.20. The molecule has 0 aliphatic carbocycles. The van der Waals surface area contributed by atoms with Crippen molar-refractivity contribution in [3.8, 4) is 0 Å². The Hall–Kier alpha value is -0.940. The van der Waals surface area contributed by atoms with Crippen LogP contribution in [0.15, 0.2) is 30.3 Å². The summed E-state index contributed by atoms with van der Waals surface area (Å²) < 4.78 is 16.5. The molecule has 1 aromatic carbocycles. The summed E-state index contributed by atoms with van der Waals surface area (Å²) in [5, 5.41) is 0. The minimum absolute atomic E-state index is 0.664. The van der Waals surface area contributed by atoms with E-state index in [1.807, 2.05) is 0 Å². The molecule has 0 bridgehead atoms. The zero-order valence-electron chi connectivity index (χ0n) is 11.5. The monoisotopic (exact) mass is 266 g/mol. The molecule has 0 atom stereocenters. The van der Waals surface area contributed by atoms with Crippen LogP contribution < -0.4 is 4.90 Å². The number of rotatable bonds is 2. The molecular formula is C15H24NO3+. The molecule has 1 heterocycles. The smallest absolute Gasteiger partial charge is 0.103 e. The Labute approximate surface area is 115 Å². The van der Waals surface area contributed by atoms with Crippen LogP contribution in [0.3, 0.4) is 0 Å². The summed E-state index contributed by atoms with van der Waals surface area (Å²) >= 11 is 0. The van der Waals surface area contributed by atoms with E-state index in [-0.39, 0.29) is 0 Å². The normalized spacial score (nSPS) is 20.4. The molecule has 1 N–H and O–H groups in total. The summed E-state index contributed by atoms with van der Waals surface area (Å²) in [4.78, 5) is 1.51. The third kappa shape index (κ3) is 6.16. The Balaban J connectivity index is 1.81. The van der Waals surface area contributed by atoms with Crippen molar-refractivity contribution in [2.45, 2.75) is 6.54 Å². The second kappa shape index (κ2) is 9.04. The maximum absolute atomic E-state index is 5.59. The third-order valence-corrected chi connectivity index (χ3v) is 3.24. The first-order chi connectivity index (χ1) is 9.45. The lowest BCUT2D eigenvalue weighted by molar-refractivity contribution is -0.914. The lowest BCUT2D eigenvalue weighted by atomic mass is 10.2. The van der Waals surface area contributed by atoms with E-state index in [2.05, 4.69) is 30.3 Å². The molecule has 19 heavy (non-hydrogen) atoms. The van der Waals surface area contributed by atoms with Crippen LogP contribution in [-0.4, -0.2) is 52.7 Å². The highest BCUT2D eigenvalue weighted by Crippen LogP contribution is 1.95. The van der Waals surface area contributed by atoms with Gasteiger partial charge in [0, 0.05) is 5.56 Å². The van der Waals surface area contributed by atoms with Crippen LogP contribution >= 0.6 is 0 Å². The number of hydrogen-bond acceptors (Lipinski definition) is 3. The summed E-state index contributed by atoms with van der Waals surface area (Å²) in [6.45, 7) is 7.31. The van der Waals surface area contributed by atoms with Crippen molar-refractivity contribution in [3.05, 3.63) is 35.9 Å². The van der Waals surface area contributed by atoms with E-state index in [4.69, 9.17) is 14.2 Å². The first-order valence-corrected chi connectivity index (χ1v) is 7.06. The van der Waals surface area contributed by atoms with Gasteiger partial charge in [-0.25, -0.2) is 0 Å². The Morgan fingerprint density at radius 2 is 1.26 bits per heavy atom. The highest BCUT2D eigenvalue weighted by Gasteiger charge is 2.10. The molecule has 1 fully saturated rings. The molecule has 0 unspecified atom stereocenters. The van der Waals surface area contributed by atoms with Gasteiger partial charge in [-0.2, -0.15) is 0 Å². The van der Waals surface area contributed by atoms with Crippen molar-refractivity contribution >= 4 is 0 Å². The lowest BCUT2D eigenvalue weighted by Crippen LogP contribution is -3.11. The maximum Gasteiger partial charge on any atom is 0.103 e. The molecule has 4 heteroatoms. The van der Waals surface area contributed by atoms with Crippen molar-refractivity contribution in [1.29, 1.82) is 0 Å². The predicted molar refractivity (Wildman–Crippen MR) is 73.3 cm³/mol. The molecule has 0 aromatic heterocycles. The highest BCUT2D eigenvalue weighted by atomic mass is 16.5. The van der Waals surface area contributed by atoms with E-state index in [9.17, 15) is 0 Å². The molecule has 2 rings (SSSR count). The quantitative estimate of drug-likeness (QED) is 0.826. The van der Waals surface area contributed by atoms with Gasteiger partial charge in [-0.3, -0.25) is 0 Å². The second-order valence-corrected chi connectivity index (χ2v) is 4.75. The van der Waals surface area contributed by atoms with Gasteiger partial charge in [0.2, 0.25) is 0 Å². The van der Waals surface area contributed by atoms with Gasteiger partial charge >= 0.3 is 0 Å². The number of benzene rings is 1. The van der Waals surface area contributed by atoms with Gasteiger partial charge in [0.25, 0.3) is 0 Å². The predicted octanol–water partition coefficient (Wildman–Crippen LogP) is 0.135. The van der Waals surface area contributed by atoms with Crippen LogP contribution in [0.1, 0.15) is 5.56 Å². The zero-order valence-corrected chi connectivity index (χ0v) is 11.5. The molecule has 1 aliphatic heterocycles. The fourth-order valence-corrected chi connectivity index (χ4v) is 2.16. The minimum Gasteiger partial charge on any atom is -0.377 e. The molecule has 1 aromatic rings. The summed E-state index contributed by atoms with van der Waals surface area (Å²) in [6, 6.07) is 10.6. The summed E-state index contributed by atoms with van der Waals surface area (Å²) in [5.74, 6) is 0. The molecule has 0 amide bonds. The Bertz CT molecular complexity index is 319. The van der Waals surface area contributed by atoms with E-state index in [0.717, 1.165) is 32.8 Å². The standard InChI is InChI=1S/C15H23NO3/c1-2-4-15(5-3-1)14-16-6-8-17-10-12-19-13-11-18-9-7-16/h1-5H,6-14H2/p+1. The van der Waals surface area contributed by atoms with Crippen molar-refractivity contribution < 1.29 is 19.1 Å². The van der Waals surface area contributed by atoms with Gasteiger partial charge in [-0.15, -0.1) is 0 Å². The highest BCUT2D eigenvalue weighted by molar-refractivity contribution is 5.13. The molecule has 0 spiro atoms. The van der Waals surface area contributed by atoms with Gasteiger partial charge in [-0.05, 0) is 0 Å². The minimum atomic E-state index is 0.664. The zero-order chi connectivity index (χ0) is 13.2. The topological polar surface area (TPSA) is 32.1 Å². The second-order valence-electron chi connectivity index (χ2n) is 4.75. The number of hydrogen-bond donors (Lipinski definition) is 1. The molecule has 0 saturated carbocycles. The van der Waals surface area contributed by atoms with Crippen molar-refractivity contribution in [2.24, 2.45) is 0 Å². The molecule has 1 saturated heterocycles. The molecule has 106 valence electrons. The fourth-order valence-electron chi connectivity index (χ4n) is 2.16. The van der Waals surface area contributed by atoms with E-state index < -0.39 is 0 Å². The number of quaternary nitrogens is 1. The molecule has 4 nitrogen and oxygen atoms in total. The van der Waals surface area contributed by atoms with E-state index in [1.165, 1.54) is 10.5 Å². The Morgan fingerprint density at radius 1 is 0.737 bits per heavy atom. The van der Waals surface area contributed by atoms with E-state index in [0.29, 0.717) is 26.4 Å². The Morgan fingerprint density at radius 3 is 1.84 bits per heavy atom. The van der Waals surface area contributed by atoms with Gasteiger partial charge in [0.05, 0.1) is 39.6 Å². The molecule has 0 radical (unpaired) electrons. The maximum atomic E-state index is 5.59. The van der Waals surface area contributed by atoms with Gasteiger partial charge < -0.3 is 19.1 Å². The van der Waals surface area contributed by atoms with Crippen LogP contribution in [0.25, 0.3) is 0 Å². The van der Waals surface area contributed by atoms with Crippen LogP contribution in [0.2, 0.25) is 0 Å². The first-order valence-electron chi connectivity index (χ1n) is 7.06. The van der Waals surface area contributed by atoms with Gasteiger partial charge in [0.15, 0.2) is 0 Å². The molecular weight excluding hydrogens is 242 g/mol. The van der Waals surface area contributed by atoms with Gasteiger partial charge in [0.1, 0.15) is 19.6 Å². The van der Waals surface area contributed by atoms with Crippen LogP contribution in [-0.2, 0) is 20.8 Å². The summed E-state index contributed by atoms with van der Waals surface area (Å²) in [5.41, 5.74) is 1.37.